The Morgan fingerprint density at radius 1 is 1.14 bits per heavy atom. The second kappa shape index (κ2) is 10.8. The molecule has 3 aromatic rings. The van der Waals surface area contributed by atoms with Crippen molar-refractivity contribution in [3.05, 3.63) is 76.3 Å². The molecule has 0 saturated carbocycles. The van der Waals surface area contributed by atoms with Gasteiger partial charge in [-0.25, -0.2) is 0 Å². The lowest BCUT2D eigenvalue weighted by Crippen LogP contribution is -2.37. The summed E-state index contributed by atoms with van der Waals surface area (Å²) < 4.78 is 7.87. The molecule has 2 saturated heterocycles. The van der Waals surface area contributed by atoms with Crippen molar-refractivity contribution in [2.24, 2.45) is 0 Å². The van der Waals surface area contributed by atoms with Gasteiger partial charge in [-0.15, -0.1) is 0 Å². The summed E-state index contributed by atoms with van der Waals surface area (Å²) in [6, 6.07) is 12.8. The first kappa shape index (κ1) is 25.0. The fraction of sp³-hybridized carbons (Fsp3) is 0.407. The molecule has 0 aliphatic carbocycles. The maximum atomic E-state index is 10.8. The van der Waals surface area contributed by atoms with Gasteiger partial charge in [-0.1, -0.05) is 17.7 Å². The van der Waals surface area contributed by atoms with Gasteiger partial charge >= 0.3 is 0 Å². The Morgan fingerprint density at radius 2 is 1.94 bits per heavy atom. The van der Waals surface area contributed by atoms with E-state index in [9.17, 15) is 5.11 Å². The van der Waals surface area contributed by atoms with Gasteiger partial charge in [0.15, 0.2) is 5.11 Å². The maximum Gasteiger partial charge on any atom is 0.174 e. The summed E-state index contributed by atoms with van der Waals surface area (Å²) in [5.41, 5.74) is 5.03. The number of aryl methyl sites for hydroxylation is 1. The van der Waals surface area contributed by atoms with Gasteiger partial charge in [-0.3, -0.25) is 9.88 Å². The van der Waals surface area contributed by atoms with E-state index in [1.807, 2.05) is 23.1 Å². The smallest absolute Gasteiger partial charge is 0.174 e. The van der Waals surface area contributed by atoms with Crippen LogP contribution in [0.3, 0.4) is 0 Å². The second-order valence-corrected chi connectivity index (χ2v) is 10.2. The Kier molecular flexibility index (Phi) is 7.48. The van der Waals surface area contributed by atoms with Gasteiger partial charge in [0, 0.05) is 48.8 Å². The molecule has 2 aromatic heterocycles. The third-order valence-electron chi connectivity index (χ3n) is 7.19. The van der Waals surface area contributed by atoms with Crippen LogP contribution >= 0.6 is 23.8 Å². The largest absolute Gasteiger partial charge is 0.506 e. The van der Waals surface area contributed by atoms with Crippen molar-refractivity contribution in [3.8, 4) is 5.75 Å². The molecule has 4 heterocycles. The molecule has 2 fully saturated rings. The van der Waals surface area contributed by atoms with Gasteiger partial charge < -0.3 is 24.6 Å². The van der Waals surface area contributed by atoms with Crippen LogP contribution in [0.1, 0.15) is 41.1 Å². The van der Waals surface area contributed by atoms with Gasteiger partial charge in [0.25, 0.3) is 0 Å². The highest BCUT2D eigenvalue weighted by Gasteiger charge is 2.43. The lowest BCUT2D eigenvalue weighted by Gasteiger charge is -2.29. The highest BCUT2D eigenvalue weighted by atomic mass is 35.5. The number of halogens is 1. The standard InChI is InChI=1S/C27H32ClN5O2S/c1-18-16-21(19(2)32(18)11-5-10-31-12-14-35-15-13-31)26-25(22-6-3-4-9-29-22)30-27(36)33(26)23-17-20(28)7-8-24(23)34/h3-4,6-9,16-17,25-26,34H,5,10-15H2,1-2H3,(H,30,36)/t25-,26-/m0/s1. The number of pyridine rings is 1. The Bertz CT molecular complexity index is 1230. The molecular weight excluding hydrogens is 494 g/mol. The van der Waals surface area contributed by atoms with Crippen LogP contribution < -0.4 is 10.2 Å². The predicted molar refractivity (Wildman–Crippen MR) is 147 cm³/mol. The van der Waals surface area contributed by atoms with Crippen LogP contribution in [-0.4, -0.2) is 57.5 Å². The van der Waals surface area contributed by atoms with Crippen molar-refractivity contribution in [2.75, 3.05) is 37.7 Å². The number of ether oxygens (including phenoxy) is 1. The molecule has 190 valence electrons. The summed E-state index contributed by atoms with van der Waals surface area (Å²) >= 11 is 12.2. The van der Waals surface area contributed by atoms with Gasteiger partial charge in [0.1, 0.15) is 5.75 Å². The molecule has 0 unspecified atom stereocenters. The van der Waals surface area contributed by atoms with Gasteiger partial charge in [-0.05, 0) is 74.4 Å². The molecule has 0 radical (unpaired) electrons. The van der Waals surface area contributed by atoms with Crippen LogP contribution in [0.5, 0.6) is 5.75 Å². The van der Waals surface area contributed by atoms with Crippen molar-refractivity contribution >= 4 is 34.6 Å². The van der Waals surface area contributed by atoms with E-state index in [4.69, 9.17) is 28.6 Å². The van der Waals surface area contributed by atoms with E-state index >= 15 is 0 Å². The molecule has 0 spiro atoms. The summed E-state index contributed by atoms with van der Waals surface area (Å²) in [4.78, 5) is 9.09. The molecular formula is C27H32ClN5O2S. The number of hydrogen-bond acceptors (Lipinski definition) is 5. The van der Waals surface area contributed by atoms with E-state index in [0.717, 1.165) is 57.1 Å². The van der Waals surface area contributed by atoms with Crippen LogP contribution in [0.25, 0.3) is 0 Å². The highest BCUT2D eigenvalue weighted by Crippen LogP contribution is 2.46. The number of aromatic nitrogens is 2. The predicted octanol–water partition coefficient (Wildman–Crippen LogP) is 4.76. The van der Waals surface area contributed by atoms with Crippen LogP contribution in [0, 0.1) is 13.8 Å². The topological polar surface area (TPSA) is 65.8 Å². The minimum Gasteiger partial charge on any atom is -0.506 e. The van der Waals surface area contributed by atoms with E-state index in [-0.39, 0.29) is 17.8 Å². The molecule has 5 rings (SSSR count). The third-order valence-corrected chi connectivity index (χ3v) is 7.74. The van der Waals surface area contributed by atoms with Crippen molar-refractivity contribution in [2.45, 2.75) is 38.9 Å². The Balaban J connectivity index is 1.50. The highest BCUT2D eigenvalue weighted by molar-refractivity contribution is 7.80. The molecule has 2 N–H and O–H groups in total. The average molecular weight is 526 g/mol. The molecule has 7 nitrogen and oxygen atoms in total. The monoisotopic (exact) mass is 525 g/mol. The second-order valence-electron chi connectivity index (χ2n) is 9.42. The fourth-order valence-corrected chi connectivity index (χ4v) is 5.87. The zero-order chi connectivity index (χ0) is 25.2. The number of anilines is 1. The van der Waals surface area contributed by atoms with Crippen molar-refractivity contribution < 1.29 is 9.84 Å². The van der Waals surface area contributed by atoms with E-state index in [1.54, 1.807) is 24.4 Å². The fourth-order valence-electron chi connectivity index (χ4n) is 5.37. The lowest BCUT2D eigenvalue weighted by molar-refractivity contribution is 0.0369. The van der Waals surface area contributed by atoms with Gasteiger partial charge in [-0.2, -0.15) is 0 Å². The number of benzene rings is 1. The first-order chi connectivity index (χ1) is 17.4. The minimum absolute atomic E-state index is 0.134. The van der Waals surface area contributed by atoms with Crippen molar-refractivity contribution in [3.63, 3.8) is 0 Å². The number of rotatable bonds is 7. The molecule has 1 aromatic carbocycles. The summed E-state index contributed by atoms with van der Waals surface area (Å²) in [7, 11) is 0. The summed E-state index contributed by atoms with van der Waals surface area (Å²) in [6.07, 6.45) is 2.87. The minimum atomic E-state index is -0.198. The normalized spacial score (nSPS) is 20.6. The van der Waals surface area contributed by atoms with Gasteiger partial charge in [0.2, 0.25) is 0 Å². The van der Waals surface area contributed by atoms with E-state index in [1.165, 1.54) is 11.4 Å². The number of nitrogens with zero attached hydrogens (tertiary/aromatic N) is 4. The number of aromatic hydroxyl groups is 1. The van der Waals surface area contributed by atoms with E-state index < -0.39 is 0 Å². The molecule has 2 aliphatic heterocycles. The Labute approximate surface area is 222 Å². The Morgan fingerprint density at radius 3 is 2.69 bits per heavy atom. The summed E-state index contributed by atoms with van der Waals surface area (Å²) in [5.74, 6) is 0.134. The van der Waals surface area contributed by atoms with Crippen LogP contribution in [-0.2, 0) is 11.3 Å². The van der Waals surface area contributed by atoms with Crippen LogP contribution in [0.15, 0.2) is 48.7 Å². The number of nitrogens with one attached hydrogen (secondary N) is 1. The summed E-state index contributed by atoms with van der Waals surface area (Å²) in [6.45, 7) is 9.98. The number of phenols is 1. The number of hydrogen-bond donors (Lipinski definition) is 2. The van der Waals surface area contributed by atoms with Gasteiger partial charge in [0.05, 0.1) is 36.7 Å². The molecule has 36 heavy (non-hydrogen) atoms. The van der Waals surface area contributed by atoms with Crippen molar-refractivity contribution in [1.29, 1.82) is 0 Å². The quantitative estimate of drug-likeness (QED) is 0.431. The first-order valence-electron chi connectivity index (χ1n) is 12.4. The summed E-state index contributed by atoms with van der Waals surface area (Å²) in [5, 5.41) is 15.3. The average Bonchev–Trinajstić information content (AvgIpc) is 3.37. The van der Waals surface area contributed by atoms with E-state index in [2.05, 4.69) is 39.7 Å². The Hall–Kier alpha value is -2.65. The number of morpholine rings is 1. The van der Waals surface area contributed by atoms with E-state index in [0.29, 0.717) is 15.8 Å². The van der Waals surface area contributed by atoms with Crippen molar-refractivity contribution in [1.82, 2.24) is 19.8 Å². The molecule has 0 bridgehead atoms. The molecule has 9 heteroatoms. The van der Waals surface area contributed by atoms with Crippen LogP contribution in [0.4, 0.5) is 5.69 Å². The maximum absolute atomic E-state index is 10.8. The zero-order valence-electron chi connectivity index (χ0n) is 20.7. The number of phenolic OH excluding ortho intramolecular Hbond substituents is 1. The number of thiocarbonyl (C=S) groups is 1. The molecule has 2 atom stereocenters. The molecule has 0 amide bonds. The first-order valence-corrected chi connectivity index (χ1v) is 13.2. The third kappa shape index (κ3) is 4.95. The lowest BCUT2D eigenvalue weighted by atomic mass is 9.96. The molecule has 2 aliphatic rings. The zero-order valence-corrected chi connectivity index (χ0v) is 22.2. The SMILES string of the molecule is Cc1cc([C@H]2[C@H](c3ccccn3)NC(=S)N2c2cc(Cl)ccc2O)c(C)n1CCCN1CCOCC1. The van der Waals surface area contributed by atoms with Crippen LogP contribution in [0.2, 0.25) is 5.02 Å².